The molecule has 26 heavy (non-hydrogen) atoms. The van der Waals surface area contributed by atoms with Crippen LogP contribution in [0.15, 0.2) is 47.4 Å². The molecule has 1 unspecified atom stereocenters. The highest BCUT2D eigenvalue weighted by atomic mass is 32.2. The van der Waals surface area contributed by atoms with Crippen molar-refractivity contribution >= 4 is 15.9 Å². The first-order chi connectivity index (χ1) is 12.1. The molecule has 0 fully saturated rings. The maximum absolute atomic E-state index is 12.7. The van der Waals surface area contributed by atoms with Gasteiger partial charge in [0.2, 0.25) is 15.9 Å². The molecule has 2 aromatic carbocycles. The molecule has 0 saturated heterocycles. The minimum Gasteiger partial charge on any atom is -0.366 e. The fourth-order valence-corrected chi connectivity index (χ4v) is 4.07. The van der Waals surface area contributed by atoms with Crippen molar-refractivity contribution in [3.63, 3.8) is 0 Å². The summed E-state index contributed by atoms with van der Waals surface area (Å²) >= 11 is 0. The Bertz CT molecular complexity index is 888. The first-order valence-electron chi connectivity index (χ1n) is 8.61. The minimum absolute atomic E-state index is 0.0279. The van der Waals surface area contributed by atoms with E-state index < -0.39 is 22.0 Å². The van der Waals surface area contributed by atoms with E-state index in [-0.39, 0.29) is 10.5 Å². The Morgan fingerprint density at radius 3 is 2.23 bits per heavy atom. The quantitative estimate of drug-likeness (QED) is 0.779. The van der Waals surface area contributed by atoms with Crippen molar-refractivity contribution in [1.29, 1.82) is 0 Å². The topological polar surface area (TPSA) is 89.3 Å². The fourth-order valence-electron chi connectivity index (χ4n) is 2.82. The molecule has 0 aliphatic carbocycles. The van der Waals surface area contributed by atoms with Gasteiger partial charge < -0.3 is 5.73 Å². The van der Waals surface area contributed by atoms with E-state index in [1.807, 2.05) is 24.3 Å². The summed E-state index contributed by atoms with van der Waals surface area (Å²) in [6.07, 6.45) is 0.986. The molecule has 6 heteroatoms. The SMILES string of the molecule is Cc1ccc(S(=O)(=O)NC(C)c2ccc(CC(C)C)cc2)cc1C(N)=O. The molecule has 0 aliphatic heterocycles. The Labute approximate surface area is 155 Å². The average molecular weight is 375 g/mol. The maximum Gasteiger partial charge on any atom is 0.249 e. The van der Waals surface area contributed by atoms with Crippen LogP contribution in [0.2, 0.25) is 0 Å². The number of carbonyl (C=O) groups is 1. The van der Waals surface area contributed by atoms with Gasteiger partial charge in [0.25, 0.3) is 0 Å². The number of hydrogen-bond acceptors (Lipinski definition) is 3. The van der Waals surface area contributed by atoms with Crippen molar-refractivity contribution in [3.05, 3.63) is 64.7 Å². The van der Waals surface area contributed by atoms with E-state index in [4.69, 9.17) is 5.73 Å². The van der Waals surface area contributed by atoms with Crippen molar-refractivity contribution < 1.29 is 13.2 Å². The highest BCUT2D eigenvalue weighted by Gasteiger charge is 2.20. The van der Waals surface area contributed by atoms with Crippen LogP contribution in [-0.2, 0) is 16.4 Å². The van der Waals surface area contributed by atoms with Crippen molar-refractivity contribution in [2.75, 3.05) is 0 Å². The fraction of sp³-hybridized carbons (Fsp3) is 0.350. The van der Waals surface area contributed by atoms with Gasteiger partial charge in [0, 0.05) is 11.6 Å². The van der Waals surface area contributed by atoms with Gasteiger partial charge in [-0.1, -0.05) is 44.2 Å². The Kier molecular flexibility index (Phi) is 6.21. The van der Waals surface area contributed by atoms with Gasteiger partial charge in [-0.05, 0) is 55.0 Å². The summed E-state index contributed by atoms with van der Waals surface area (Å²) in [6.45, 7) is 7.82. The number of primary amides is 1. The third kappa shape index (κ3) is 4.93. The lowest BCUT2D eigenvalue weighted by atomic mass is 10.0. The molecule has 1 amide bonds. The van der Waals surface area contributed by atoms with Gasteiger partial charge >= 0.3 is 0 Å². The molecule has 0 saturated carbocycles. The van der Waals surface area contributed by atoms with Gasteiger partial charge in [0.1, 0.15) is 0 Å². The molecule has 0 spiro atoms. The maximum atomic E-state index is 12.7. The third-order valence-corrected chi connectivity index (χ3v) is 5.78. The number of rotatable bonds is 7. The van der Waals surface area contributed by atoms with Gasteiger partial charge in [-0.2, -0.15) is 0 Å². The summed E-state index contributed by atoms with van der Waals surface area (Å²) in [6, 6.07) is 11.9. The predicted octanol–water partition coefficient (Wildman–Crippen LogP) is 3.33. The molecule has 3 N–H and O–H groups in total. The summed E-state index contributed by atoms with van der Waals surface area (Å²) < 4.78 is 28.0. The molecule has 140 valence electrons. The number of hydrogen-bond donors (Lipinski definition) is 2. The molecular weight excluding hydrogens is 348 g/mol. The van der Waals surface area contributed by atoms with Gasteiger partial charge in [-0.3, -0.25) is 4.79 Å². The lowest BCUT2D eigenvalue weighted by Gasteiger charge is -2.16. The van der Waals surface area contributed by atoms with Crippen LogP contribution in [0.4, 0.5) is 0 Å². The van der Waals surface area contributed by atoms with Crippen molar-refractivity contribution in [3.8, 4) is 0 Å². The lowest BCUT2D eigenvalue weighted by Crippen LogP contribution is -2.27. The van der Waals surface area contributed by atoms with Crippen LogP contribution in [0.5, 0.6) is 0 Å². The van der Waals surface area contributed by atoms with E-state index >= 15 is 0 Å². The van der Waals surface area contributed by atoms with Gasteiger partial charge in [-0.15, -0.1) is 0 Å². The van der Waals surface area contributed by atoms with Crippen molar-refractivity contribution in [1.82, 2.24) is 4.72 Å². The Morgan fingerprint density at radius 2 is 1.69 bits per heavy atom. The highest BCUT2D eigenvalue weighted by molar-refractivity contribution is 7.89. The second-order valence-corrected chi connectivity index (χ2v) is 8.74. The Morgan fingerprint density at radius 1 is 1.08 bits per heavy atom. The molecular formula is C20H26N2O3S. The molecule has 1 atom stereocenters. The second kappa shape index (κ2) is 8.01. The molecule has 0 bridgehead atoms. The number of sulfonamides is 1. The Hall–Kier alpha value is -2.18. The number of carbonyl (C=O) groups excluding carboxylic acids is 1. The van der Waals surface area contributed by atoms with Gasteiger partial charge in [0.15, 0.2) is 0 Å². The molecule has 0 aromatic heterocycles. The Balaban J connectivity index is 2.20. The first kappa shape index (κ1) is 20.1. The van der Waals surface area contributed by atoms with Crippen LogP contribution in [0.25, 0.3) is 0 Å². The van der Waals surface area contributed by atoms with Crippen LogP contribution in [0, 0.1) is 12.8 Å². The standard InChI is InChI=1S/C20H26N2O3S/c1-13(2)11-16-6-8-17(9-7-16)15(4)22-26(24,25)18-10-5-14(3)19(12-18)20(21)23/h5-10,12-13,15,22H,11H2,1-4H3,(H2,21,23). The molecule has 2 aromatic rings. The van der Waals surface area contributed by atoms with Crippen LogP contribution in [0.3, 0.4) is 0 Å². The highest BCUT2D eigenvalue weighted by Crippen LogP contribution is 2.20. The number of nitrogens with two attached hydrogens (primary N) is 1. The molecule has 2 rings (SSSR count). The molecule has 0 aliphatic rings. The second-order valence-electron chi connectivity index (χ2n) is 7.02. The van der Waals surface area contributed by atoms with Crippen LogP contribution < -0.4 is 10.5 Å². The number of amides is 1. The normalized spacial score (nSPS) is 13.0. The summed E-state index contributed by atoms with van der Waals surface area (Å²) in [7, 11) is -3.77. The lowest BCUT2D eigenvalue weighted by molar-refractivity contribution is 0.0999. The zero-order valence-electron chi connectivity index (χ0n) is 15.6. The van der Waals surface area contributed by atoms with E-state index in [1.165, 1.54) is 17.7 Å². The monoisotopic (exact) mass is 374 g/mol. The number of aryl methyl sites for hydroxylation is 1. The van der Waals surface area contributed by atoms with Crippen LogP contribution in [0.1, 0.15) is 53.9 Å². The summed E-state index contributed by atoms with van der Waals surface area (Å²) in [5.41, 5.74) is 8.27. The minimum atomic E-state index is -3.77. The van der Waals surface area contributed by atoms with E-state index in [1.54, 1.807) is 19.9 Å². The average Bonchev–Trinajstić information content (AvgIpc) is 2.54. The zero-order valence-corrected chi connectivity index (χ0v) is 16.4. The zero-order chi connectivity index (χ0) is 19.5. The number of benzene rings is 2. The summed E-state index contributed by atoms with van der Waals surface area (Å²) in [4.78, 5) is 11.5. The van der Waals surface area contributed by atoms with E-state index in [0.717, 1.165) is 12.0 Å². The molecule has 0 radical (unpaired) electrons. The third-order valence-electron chi connectivity index (χ3n) is 4.24. The van der Waals surface area contributed by atoms with Gasteiger partial charge in [0.05, 0.1) is 4.90 Å². The van der Waals surface area contributed by atoms with E-state index in [9.17, 15) is 13.2 Å². The van der Waals surface area contributed by atoms with Crippen LogP contribution >= 0.6 is 0 Å². The van der Waals surface area contributed by atoms with Gasteiger partial charge in [-0.25, -0.2) is 13.1 Å². The summed E-state index contributed by atoms with van der Waals surface area (Å²) in [5.74, 6) is -0.0777. The molecule has 0 heterocycles. The van der Waals surface area contributed by atoms with Crippen molar-refractivity contribution in [2.45, 2.75) is 45.1 Å². The molecule has 5 nitrogen and oxygen atoms in total. The summed E-state index contributed by atoms with van der Waals surface area (Å²) in [5, 5.41) is 0. The largest absolute Gasteiger partial charge is 0.366 e. The first-order valence-corrected chi connectivity index (χ1v) is 10.1. The van der Waals surface area contributed by atoms with E-state index in [2.05, 4.69) is 18.6 Å². The smallest absolute Gasteiger partial charge is 0.249 e. The van der Waals surface area contributed by atoms with Crippen molar-refractivity contribution in [2.24, 2.45) is 11.7 Å². The number of nitrogens with one attached hydrogen (secondary N) is 1. The van der Waals surface area contributed by atoms with Crippen LogP contribution in [-0.4, -0.2) is 14.3 Å². The predicted molar refractivity (Wildman–Crippen MR) is 103 cm³/mol. The van der Waals surface area contributed by atoms with E-state index in [0.29, 0.717) is 11.5 Å².